The summed E-state index contributed by atoms with van der Waals surface area (Å²) in [5.41, 5.74) is 0.755. The topological polar surface area (TPSA) is 56.3 Å². The molecule has 0 N–H and O–H groups in total. The Morgan fingerprint density at radius 1 is 1.38 bits per heavy atom. The molecule has 0 spiro atoms. The molecule has 0 amide bonds. The van der Waals surface area contributed by atoms with E-state index in [1.54, 1.807) is 24.5 Å². The van der Waals surface area contributed by atoms with Crippen LogP contribution in [-0.4, -0.2) is 23.8 Å². The largest absolute Gasteiger partial charge is 0.463 e. The molecule has 0 aliphatic heterocycles. The summed E-state index contributed by atoms with van der Waals surface area (Å²) >= 11 is 0. The minimum Gasteiger partial charge on any atom is -0.463 e. The first kappa shape index (κ1) is 9.38. The Bertz CT molecular complexity index is 308. The molecule has 0 aliphatic carbocycles. The van der Waals surface area contributed by atoms with Crippen molar-refractivity contribution in [1.29, 1.82) is 0 Å². The molecule has 0 aliphatic rings. The van der Waals surface area contributed by atoms with Crippen LogP contribution < -0.4 is 0 Å². The lowest BCUT2D eigenvalue weighted by Gasteiger charge is -1.97. The van der Waals surface area contributed by atoms with Gasteiger partial charge in [0.25, 0.3) is 0 Å². The van der Waals surface area contributed by atoms with Crippen LogP contribution in [0.4, 0.5) is 0 Å². The second kappa shape index (κ2) is 4.35. The van der Waals surface area contributed by atoms with Crippen molar-refractivity contribution in [3.05, 3.63) is 30.1 Å². The highest BCUT2D eigenvalue weighted by Gasteiger charge is 2.13. The minimum atomic E-state index is -0.809. The van der Waals surface area contributed by atoms with Gasteiger partial charge < -0.3 is 4.74 Å². The summed E-state index contributed by atoms with van der Waals surface area (Å²) in [6.07, 6.45) is 3.20. The highest BCUT2D eigenvalue weighted by molar-refractivity contribution is 6.34. The van der Waals surface area contributed by atoms with Crippen molar-refractivity contribution >= 4 is 11.8 Å². The van der Waals surface area contributed by atoms with Gasteiger partial charge in [0, 0.05) is 18.8 Å². The molecule has 1 aromatic rings. The molecule has 1 rings (SSSR count). The van der Waals surface area contributed by atoms with E-state index in [-0.39, 0.29) is 6.42 Å². The number of pyridine rings is 1. The van der Waals surface area contributed by atoms with Crippen LogP contribution in [0, 0.1) is 0 Å². The van der Waals surface area contributed by atoms with Crippen molar-refractivity contribution in [2.45, 2.75) is 6.42 Å². The van der Waals surface area contributed by atoms with Gasteiger partial charge in [0.05, 0.1) is 7.11 Å². The molecule has 68 valence electrons. The Morgan fingerprint density at radius 3 is 2.54 bits per heavy atom. The predicted octanol–water partition coefficient (Wildman–Crippen LogP) is 0.366. The van der Waals surface area contributed by atoms with E-state index < -0.39 is 11.8 Å². The molecular formula is C9H9NO3. The third-order valence-corrected chi connectivity index (χ3v) is 1.53. The highest BCUT2D eigenvalue weighted by atomic mass is 16.5. The lowest BCUT2D eigenvalue weighted by atomic mass is 10.1. The Morgan fingerprint density at radius 2 is 2.00 bits per heavy atom. The maximum atomic E-state index is 11.0. The molecule has 13 heavy (non-hydrogen) atoms. The molecule has 0 bridgehead atoms. The third kappa shape index (κ3) is 2.66. The van der Waals surface area contributed by atoms with E-state index >= 15 is 0 Å². The number of hydrogen-bond acceptors (Lipinski definition) is 4. The monoisotopic (exact) mass is 179 g/mol. The maximum Gasteiger partial charge on any atom is 0.374 e. The zero-order valence-electron chi connectivity index (χ0n) is 7.19. The number of methoxy groups -OCH3 is 1. The standard InChI is InChI=1S/C9H9NO3/c1-13-9(12)8(11)6-7-2-4-10-5-3-7/h2-5H,6H2,1H3. The average molecular weight is 179 g/mol. The van der Waals surface area contributed by atoms with Gasteiger partial charge in [0.2, 0.25) is 5.78 Å². The molecule has 0 saturated heterocycles. The smallest absolute Gasteiger partial charge is 0.374 e. The van der Waals surface area contributed by atoms with Gasteiger partial charge in [-0.05, 0) is 17.7 Å². The number of aromatic nitrogens is 1. The normalized spacial score (nSPS) is 9.31. The fourth-order valence-corrected chi connectivity index (χ4v) is 0.872. The summed E-state index contributed by atoms with van der Waals surface area (Å²) in [6.45, 7) is 0. The van der Waals surface area contributed by atoms with E-state index in [1.165, 1.54) is 7.11 Å². The first-order chi connectivity index (χ1) is 6.24. The van der Waals surface area contributed by atoms with Gasteiger partial charge in [-0.1, -0.05) is 0 Å². The van der Waals surface area contributed by atoms with Crippen LogP contribution in [0.25, 0.3) is 0 Å². The van der Waals surface area contributed by atoms with E-state index in [0.717, 1.165) is 5.56 Å². The summed E-state index contributed by atoms with van der Waals surface area (Å²) < 4.78 is 4.28. The highest BCUT2D eigenvalue weighted by Crippen LogP contribution is 1.98. The van der Waals surface area contributed by atoms with Crippen molar-refractivity contribution in [1.82, 2.24) is 4.98 Å². The molecule has 4 nitrogen and oxygen atoms in total. The first-order valence-corrected chi connectivity index (χ1v) is 3.74. The first-order valence-electron chi connectivity index (χ1n) is 3.74. The Labute approximate surface area is 75.5 Å². The van der Waals surface area contributed by atoms with Crippen LogP contribution in [-0.2, 0) is 20.7 Å². The van der Waals surface area contributed by atoms with Crippen molar-refractivity contribution in [3.8, 4) is 0 Å². The number of hydrogen-bond donors (Lipinski definition) is 0. The van der Waals surface area contributed by atoms with Crippen LogP contribution in [0.1, 0.15) is 5.56 Å². The third-order valence-electron chi connectivity index (χ3n) is 1.53. The zero-order chi connectivity index (χ0) is 9.68. The van der Waals surface area contributed by atoms with Crippen molar-refractivity contribution < 1.29 is 14.3 Å². The molecule has 0 fully saturated rings. The minimum absolute atomic E-state index is 0.0647. The quantitative estimate of drug-likeness (QED) is 0.496. The van der Waals surface area contributed by atoms with Gasteiger partial charge in [-0.2, -0.15) is 0 Å². The van der Waals surface area contributed by atoms with Gasteiger partial charge >= 0.3 is 5.97 Å². The number of rotatable bonds is 3. The summed E-state index contributed by atoms with van der Waals surface area (Å²) in [4.78, 5) is 25.6. The van der Waals surface area contributed by atoms with Crippen LogP contribution in [0.2, 0.25) is 0 Å². The Hall–Kier alpha value is -1.71. The maximum absolute atomic E-state index is 11.0. The molecule has 1 aromatic heterocycles. The Kier molecular flexibility index (Phi) is 3.14. The van der Waals surface area contributed by atoms with E-state index in [0.29, 0.717) is 0 Å². The SMILES string of the molecule is COC(=O)C(=O)Cc1ccncc1. The second-order valence-electron chi connectivity index (χ2n) is 2.45. The van der Waals surface area contributed by atoms with Gasteiger partial charge in [-0.3, -0.25) is 9.78 Å². The molecule has 0 unspecified atom stereocenters. The van der Waals surface area contributed by atoms with E-state index in [2.05, 4.69) is 9.72 Å². The van der Waals surface area contributed by atoms with E-state index in [1.807, 2.05) is 0 Å². The Balaban J connectivity index is 2.60. The number of nitrogens with zero attached hydrogens (tertiary/aromatic N) is 1. The van der Waals surface area contributed by atoms with Crippen LogP contribution in [0.3, 0.4) is 0 Å². The van der Waals surface area contributed by atoms with Gasteiger partial charge in [-0.25, -0.2) is 4.79 Å². The summed E-state index contributed by atoms with van der Waals surface area (Å²) in [6, 6.07) is 3.36. The number of Topliss-reactive ketones (excluding diaryl/α,β-unsaturated/α-hetero) is 1. The fourth-order valence-electron chi connectivity index (χ4n) is 0.872. The molecule has 0 saturated carbocycles. The summed E-state index contributed by atoms with van der Waals surface area (Å²) in [5, 5.41) is 0. The molecular weight excluding hydrogens is 170 g/mol. The van der Waals surface area contributed by atoms with E-state index in [9.17, 15) is 9.59 Å². The van der Waals surface area contributed by atoms with Crippen LogP contribution in [0.5, 0.6) is 0 Å². The summed E-state index contributed by atoms with van der Waals surface area (Å²) in [7, 11) is 1.19. The number of carbonyl (C=O) groups is 2. The lowest BCUT2D eigenvalue weighted by molar-refractivity contribution is -0.151. The lowest BCUT2D eigenvalue weighted by Crippen LogP contribution is -2.17. The number of esters is 1. The molecule has 0 aromatic carbocycles. The van der Waals surface area contributed by atoms with Crippen LogP contribution in [0.15, 0.2) is 24.5 Å². The molecule has 0 radical (unpaired) electrons. The van der Waals surface area contributed by atoms with Gasteiger partial charge in [0.15, 0.2) is 0 Å². The van der Waals surface area contributed by atoms with Gasteiger partial charge in [0.1, 0.15) is 0 Å². The molecule has 1 heterocycles. The van der Waals surface area contributed by atoms with Gasteiger partial charge in [-0.15, -0.1) is 0 Å². The predicted molar refractivity (Wildman–Crippen MR) is 45.0 cm³/mol. The van der Waals surface area contributed by atoms with E-state index in [4.69, 9.17) is 0 Å². The zero-order valence-corrected chi connectivity index (χ0v) is 7.19. The number of carbonyl (C=O) groups excluding carboxylic acids is 2. The number of ketones is 1. The number of ether oxygens (including phenoxy) is 1. The van der Waals surface area contributed by atoms with Crippen LogP contribution >= 0.6 is 0 Å². The molecule has 4 heteroatoms. The summed E-state index contributed by atoms with van der Waals surface area (Å²) in [5.74, 6) is -1.36. The van der Waals surface area contributed by atoms with Crippen molar-refractivity contribution in [2.24, 2.45) is 0 Å². The molecule has 0 atom stereocenters. The van der Waals surface area contributed by atoms with Crippen molar-refractivity contribution in [3.63, 3.8) is 0 Å². The van der Waals surface area contributed by atoms with Crippen molar-refractivity contribution in [2.75, 3.05) is 7.11 Å². The fraction of sp³-hybridized carbons (Fsp3) is 0.222. The second-order valence-corrected chi connectivity index (χ2v) is 2.45. The average Bonchev–Trinajstić information content (AvgIpc) is 2.18.